The van der Waals surface area contributed by atoms with E-state index in [1.54, 1.807) is 0 Å². The summed E-state index contributed by atoms with van der Waals surface area (Å²) < 4.78 is 0. The highest BCUT2D eigenvalue weighted by Gasteiger charge is 2.34. The third-order valence-corrected chi connectivity index (χ3v) is 3.46. The molecule has 0 aliphatic carbocycles. The van der Waals surface area contributed by atoms with E-state index in [-0.39, 0.29) is 6.03 Å². The van der Waals surface area contributed by atoms with Gasteiger partial charge in [-0.25, -0.2) is 9.59 Å². The topological polar surface area (TPSA) is 69.6 Å². The van der Waals surface area contributed by atoms with Crippen LogP contribution in [0, 0.1) is 5.92 Å². The molecule has 5 nitrogen and oxygen atoms in total. The number of urea groups is 1. The fraction of sp³-hybridized carbons (Fsp3) is 0.467. The van der Waals surface area contributed by atoms with Crippen molar-refractivity contribution in [1.29, 1.82) is 0 Å². The van der Waals surface area contributed by atoms with Crippen molar-refractivity contribution >= 4 is 12.0 Å². The minimum Gasteiger partial charge on any atom is -0.480 e. The Morgan fingerprint density at radius 3 is 2.60 bits per heavy atom. The van der Waals surface area contributed by atoms with Gasteiger partial charge < -0.3 is 15.3 Å². The van der Waals surface area contributed by atoms with E-state index in [4.69, 9.17) is 0 Å². The van der Waals surface area contributed by atoms with Gasteiger partial charge in [-0.15, -0.1) is 0 Å². The van der Waals surface area contributed by atoms with E-state index in [1.807, 2.05) is 38.1 Å². The Morgan fingerprint density at radius 2 is 2.00 bits per heavy atom. The van der Waals surface area contributed by atoms with Gasteiger partial charge in [-0.2, -0.15) is 0 Å². The lowest BCUT2D eigenvalue weighted by atomic mass is 9.94. The lowest BCUT2D eigenvalue weighted by molar-refractivity contribution is -0.142. The SMILES string of the molecule is CC(C)CNC(=O)N1Cc2ccccc2CC1C(=O)O. The average molecular weight is 276 g/mol. The molecule has 1 atom stereocenters. The highest BCUT2D eigenvalue weighted by molar-refractivity contribution is 5.83. The van der Waals surface area contributed by atoms with Crippen LogP contribution in [0.15, 0.2) is 24.3 Å². The Bertz CT molecular complexity index is 514. The van der Waals surface area contributed by atoms with Crippen LogP contribution in [0.1, 0.15) is 25.0 Å². The van der Waals surface area contributed by atoms with Crippen molar-refractivity contribution in [2.45, 2.75) is 32.9 Å². The number of fused-ring (bicyclic) bond motifs is 1. The van der Waals surface area contributed by atoms with Crippen LogP contribution in [0.5, 0.6) is 0 Å². The zero-order valence-corrected chi connectivity index (χ0v) is 11.8. The Balaban J connectivity index is 2.18. The molecule has 1 heterocycles. The number of amides is 2. The number of aliphatic carboxylic acids is 1. The molecule has 0 radical (unpaired) electrons. The second kappa shape index (κ2) is 5.94. The molecule has 5 heteroatoms. The van der Waals surface area contributed by atoms with E-state index in [0.717, 1.165) is 11.1 Å². The van der Waals surface area contributed by atoms with Crippen LogP contribution in [-0.2, 0) is 17.8 Å². The summed E-state index contributed by atoms with van der Waals surface area (Å²) in [6.45, 7) is 4.89. The number of nitrogens with one attached hydrogen (secondary N) is 1. The lowest BCUT2D eigenvalue weighted by Crippen LogP contribution is -2.52. The molecule has 0 saturated carbocycles. The van der Waals surface area contributed by atoms with E-state index < -0.39 is 12.0 Å². The minimum absolute atomic E-state index is 0.305. The van der Waals surface area contributed by atoms with Crippen LogP contribution in [0.2, 0.25) is 0 Å². The number of benzene rings is 1. The number of carbonyl (C=O) groups excluding carboxylic acids is 1. The molecule has 1 aliphatic heterocycles. The van der Waals surface area contributed by atoms with E-state index in [1.165, 1.54) is 4.90 Å². The Morgan fingerprint density at radius 1 is 1.35 bits per heavy atom. The van der Waals surface area contributed by atoms with Crippen LogP contribution in [0.25, 0.3) is 0 Å². The summed E-state index contributed by atoms with van der Waals surface area (Å²) in [6, 6.07) is 6.57. The molecule has 0 spiro atoms. The maximum Gasteiger partial charge on any atom is 0.326 e. The average Bonchev–Trinajstić information content (AvgIpc) is 2.43. The summed E-state index contributed by atoms with van der Waals surface area (Å²) >= 11 is 0. The van der Waals surface area contributed by atoms with Gasteiger partial charge in [0.15, 0.2) is 0 Å². The Kier molecular flexibility index (Phi) is 4.27. The monoisotopic (exact) mass is 276 g/mol. The standard InChI is InChI=1S/C15H20N2O3/c1-10(2)8-16-15(20)17-9-12-6-4-3-5-11(12)7-13(17)14(18)19/h3-6,10,13H,7-9H2,1-2H3,(H,16,20)(H,18,19). The Labute approximate surface area is 118 Å². The molecule has 108 valence electrons. The summed E-state index contributed by atoms with van der Waals surface area (Å²) in [4.78, 5) is 25.0. The molecule has 2 N–H and O–H groups in total. The molecule has 1 aliphatic rings. The van der Waals surface area contributed by atoms with Gasteiger partial charge in [0.1, 0.15) is 6.04 Å². The quantitative estimate of drug-likeness (QED) is 0.885. The molecule has 0 bridgehead atoms. The van der Waals surface area contributed by atoms with Crippen molar-refractivity contribution in [1.82, 2.24) is 10.2 Å². The fourth-order valence-electron chi connectivity index (χ4n) is 2.35. The predicted molar refractivity (Wildman–Crippen MR) is 75.3 cm³/mol. The van der Waals surface area contributed by atoms with Gasteiger partial charge in [-0.1, -0.05) is 38.1 Å². The van der Waals surface area contributed by atoms with Gasteiger partial charge in [0.2, 0.25) is 0 Å². The largest absolute Gasteiger partial charge is 0.480 e. The van der Waals surface area contributed by atoms with Crippen molar-refractivity contribution in [2.75, 3.05) is 6.54 Å². The summed E-state index contributed by atoms with van der Waals surface area (Å²) in [5.41, 5.74) is 2.03. The summed E-state index contributed by atoms with van der Waals surface area (Å²) in [6.07, 6.45) is 0.362. The molecule has 0 fully saturated rings. The van der Waals surface area contributed by atoms with Gasteiger partial charge in [0.25, 0.3) is 0 Å². The van der Waals surface area contributed by atoms with Crippen LogP contribution >= 0.6 is 0 Å². The van der Waals surface area contributed by atoms with Gasteiger partial charge in [0, 0.05) is 19.5 Å². The van der Waals surface area contributed by atoms with Crippen molar-refractivity contribution in [3.63, 3.8) is 0 Å². The smallest absolute Gasteiger partial charge is 0.326 e. The zero-order chi connectivity index (χ0) is 14.7. The second-order valence-corrected chi connectivity index (χ2v) is 5.53. The predicted octanol–water partition coefficient (Wildman–Crippen LogP) is 1.86. The first-order valence-electron chi connectivity index (χ1n) is 6.83. The van der Waals surface area contributed by atoms with Crippen LogP contribution in [0.3, 0.4) is 0 Å². The van der Waals surface area contributed by atoms with Crippen molar-refractivity contribution < 1.29 is 14.7 Å². The first-order valence-corrected chi connectivity index (χ1v) is 6.83. The molecule has 20 heavy (non-hydrogen) atoms. The summed E-state index contributed by atoms with van der Waals surface area (Å²) in [5.74, 6) is -0.626. The van der Waals surface area contributed by atoms with E-state index >= 15 is 0 Å². The molecule has 1 unspecified atom stereocenters. The number of nitrogens with zero attached hydrogens (tertiary/aromatic N) is 1. The van der Waals surface area contributed by atoms with Crippen LogP contribution in [0.4, 0.5) is 4.79 Å². The van der Waals surface area contributed by atoms with Crippen molar-refractivity contribution in [3.05, 3.63) is 35.4 Å². The number of rotatable bonds is 3. The maximum atomic E-state index is 12.2. The molecular formula is C15H20N2O3. The normalized spacial score (nSPS) is 17.8. The number of hydrogen-bond acceptors (Lipinski definition) is 2. The maximum absolute atomic E-state index is 12.2. The number of carbonyl (C=O) groups is 2. The first-order chi connectivity index (χ1) is 9.49. The van der Waals surface area contributed by atoms with Crippen molar-refractivity contribution in [3.8, 4) is 0 Å². The van der Waals surface area contributed by atoms with Crippen LogP contribution < -0.4 is 5.32 Å². The van der Waals surface area contributed by atoms with Crippen LogP contribution in [-0.4, -0.2) is 34.6 Å². The molecular weight excluding hydrogens is 256 g/mol. The number of carboxylic acid groups (broad SMARTS) is 1. The van der Waals surface area contributed by atoms with E-state index in [0.29, 0.717) is 25.4 Å². The zero-order valence-electron chi connectivity index (χ0n) is 11.8. The molecule has 0 aromatic heterocycles. The summed E-state index contributed by atoms with van der Waals surface area (Å²) in [5, 5.41) is 12.1. The highest BCUT2D eigenvalue weighted by Crippen LogP contribution is 2.23. The minimum atomic E-state index is -0.959. The van der Waals surface area contributed by atoms with Crippen molar-refractivity contribution in [2.24, 2.45) is 5.92 Å². The number of hydrogen-bond donors (Lipinski definition) is 2. The third-order valence-electron chi connectivity index (χ3n) is 3.46. The molecule has 2 rings (SSSR count). The first kappa shape index (κ1) is 14.4. The highest BCUT2D eigenvalue weighted by atomic mass is 16.4. The van der Waals surface area contributed by atoms with E-state index in [9.17, 15) is 14.7 Å². The van der Waals surface area contributed by atoms with E-state index in [2.05, 4.69) is 5.32 Å². The lowest BCUT2D eigenvalue weighted by Gasteiger charge is -2.34. The molecule has 2 amide bonds. The fourth-order valence-corrected chi connectivity index (χ4v) is 2.35. The second-order valence-electron chi connectivity index (χ2n) is 5.53. The Hall–Kier alpha value is -2.04. The molecule has 1 aromatic carbocycles. The number of carboxylic acids is 1. The molecule has 1 aromatic rings. The third kappa shape index (κ3) is 3.10. The summed E-state index contributed by atoms with van der Waals surface area (Å²) in [7, 11) is 0. The van der Waals surface area contributed by atoms with Gasteiger partial charge in [-0.05, 0) is 17.0 Å². The van der Waals surface area contributed by atoms with Gasteiger partial charge in [-0.3, -0.25) is 0 Å². The molecule has 0 saturated heterocycles. The van der Waals surface area contributed by atoms with Gasteiger partial charge >= 0.3 is 12.0 Å². The van der Waals surface area contributed by atoms with Gasteiger partial charge in [0.05, 0.1) is 0 Å².